The van der Waals surface area contributed by atoms with E-state index in [0.717, 1.165) is 19.3 Å². The van der Waals surface area contributed by atoms with Gasteiger partial charge in [0.15, 0.2) is 0 Å². The molecule has 0 aromatic heterocycles. The zero-order valence-corrected chi connectivity index (χ0v) is 10.2. The molecule has 88 valence electrons. The third-order valence-electron chi connectivity index (χ3n) is 3.46. The summed E-state index contributed by atoms with van der Waals surface area (Å²) in [5.41, 5.74) is 6.19. The van der Waals surface area contributed by atoms with Crippen LogP contribution in [-0.2, 0) is 5.54 Å². The Morgan fingerprint density at radius 2 is 2.19 bits per heavy atom. The standard InChI is InChI=1S/C13H17ClFN/c1-2-4-9-7-13(16,8-9)12-10(14)5-3-6-11(12)15/h3,5-6,9H,2,4,7-8,16H2,1H3. The van der Waals surface area contributed by atoms with Crippen LogP contribution in [0, 0.1) is 11.7 Å². The molecule has 1 saturated carbocycles. The molecule has 0 heterocycles. The first-order chi connectivity index (χ1) is 7.57. The Morgan fingerprint density at radius 1 is 1.50 bits per heavy atom. The minimum atomic E-state index is -0.539. The summed E-state index contributed by atoms with van der Waals surface area (Å²) in [6.45, 7) is 2.16. The third kappa shape index (κ3) is 1.96. The van der Waals surface area contributed by atoms with Crippen LogP contribution in [0.15, 0.2) is 18.2 Å². The van der Waals surface area contributed by atoms with Gasteiger partial charge in [-0.25, -0.2) is 4.39 Å². The molecule has 2 rings (SSSR count). The first kappa shape index (κ1) is 11.9. The minimum absolute atomic E-state index is 0.273. The van der Waals surface area contributed by atoms with E-state index in [0.29, 0.717) is 16.5 Å². The number of hydrogen-bond donors (Lipinski definition) is 1. The zero-order valence-electron chi connectivity index (χ0n) is 9.47. The van der Waals surface area contributed by atoms with Crippen LogP contribution in [0.2, 0.25) is 5.02 Å². The van der Waals surface area contributed by atoms with Crippen molar-refractivity contribution >= 4 is 11.6 Å². The first-order valence-corrected chi connectivity index (χ1v) is 6.18. The number of hydrogen-bond acceptors (Lipinski definition) is 1. The summed E-state index contributed by atoms with van der Waals surface area (Å²) in [7, 11) is 0. The van der Waals surface area contributed by atoms with Crippen LogP contribution in [0.5, 0.6) is 0 Å². The second kappa shape index (κ2) is 4.34. The van der Waals surface area contributed by atoms with Gasteiger partial charge in [0.2, 0.25) is 0 Å². The summed E-state index contributed by atoms with van der Waals surface area (Å²) >= 11 is 6.03. The van der Waals surface area contributed by atoms with Gasteiger partial charge in [-0.3, -0.25) is 0 Å². The maximum absolute atomic E-state index is 13.7. The zero-order chi connectivity index (χ0) is 11.8. The van der Waals surface area contributed by atoms with E-state index in [-0.39, 0.29) is 5.82 Å². The lowest BCUT2D eigenvalue weighted by Crippen LogP contribution is -2.49. The van der Waals surface area contributed by atoms with Crippen LogP contribution in [0.4, 0.5) is 4.39 Å². The Hall–Kier alpha value is -0.600. The molecule has 1 nitrogen and oxygen atoms in total. The third-order valence-corrected chi connectivity index (χ3v) is 3.78. The van der Waals surface area contributed by atoms with E-state index in [1.807, 2.05) is 0 Å². The summed E-state index contributed by atoms with van der Waals surface area (Å²) in [6.07, 6.45) is 4.03. The van der Waals surface area contributed by atoms with Gasteiger partial charge in [0.05, 0.1) is 0 Å². The summed E-state index contributed by atoms with van der Waals surface area (Å²) in [4.78, 5) is 0. The van der Waals surface area contributed by atoms with Crippen molar-refractivity contribution in [3.8, 4) is 0 Å². The molecule has 0 unspecified atom stereocenters. The molecule has 3 heteroatoms. The van der Waals surface area contributed by atoms with Crippen molar-refractivity contribution in [1.82, 2.24) is 0 Å². The lowest BCUT2D eigenvalue weighted by Gasteiger charge is -2.46. The van der Waals surface area contributed by atoms with E-state index >= 15 is 0 Å². The molecule has 2 N–H and O–H groups in total. The van der Waals surface area contributed by atoms with E-state index in [9.17, 15) is 4.39 Å². The highest BCUT2D eigenvalue weighted by Crippen LogP contribution is 2.48. The van der Waals surface area contributed by atoms with Crippen LogP contribution in [0.3, 0.4) is 0 Å². The molecule has 0 atom stereocenters. The van der Waals surface area contributed by atoms with Gasteiger partial charge in [-0.05, 0) is 30.9 Å². The Kier molecular flexibility index (Phi) is 3.22. The number of rotatable bonds is 3. The quantitative estimate of drug-likeness (QED) is 0.855. The van der Waals surface area contributed by atoms with Crippen molar-refractivity contribution < 1.29 is 4.39 Å². The van der Waals surface area contributed by atoms with Crippen molar-refractivity contribution in [2.45, 2.75) is 38.1 Å². The molecule has 0 spiro atoms. The molecule has 1 fully saturated rings. The fourth-order valence-corrected chi connectivity index (χ4v) is 3.11. The van der Waals surface area contributed by atoms with Gasteiger partial charge >= 0.3 is 0 Å². The summed E-state index contributed by atoms with van der Waals surface area (Å²) in [5, 5.41) is 0.456. The molecule has 0 saturated heterocycles. The van der Waals surface area contributed by atoms with Crippen molar-refractivity contribution in [3.05, 3.63) is 34.6 Å². The van der Waals surface area contributed by atoms with Gasteiger partial charge in [0, 0.05) is 16.1 Å². The topological polar surface area (TPSA) is 26.0 Å². The monoisotopic (exact) mass is 241 g/mol. The van der Waals surface area contributed by atoms with E-state index in [1.54, 1.807) is 12.1 Å². The number of benzene rings is 1. The summed E-state index contributed by atoms with van der Waals surface area (Å²) < 4.78 is 13.7. The van der Waals surface area contributed by atoms with Gasteiger partial charge in [-0.1, -0.05) is 37.4 Å². The SMILES string of the molecule is CCCC1CC(N)(c2c(F)cccc2Cl)C1. The van der Waals surface area contributed by atoms with Crippen LogP contribution in [0.25, 0.3) is 0 Å². The van der Waals surface area contributed by atoms with Gasteiger partial charge in [0.1, 0.15) is 5.82 Å². The average Bonchev–Trinajstić information content (AvgIpc) is 2.15. The van der Waals surface area contributed by atoms with E-state index in [1.165, 1.54) is 12.5 Å². The molecular weight excluding hydrogens is 225 g/mol. The Labute approximate surface area is 101 Å². The van der Waals surface area contributed by atoms with E-state index < -0.39 is 5.54 Å². The van der Waals surface area contributed by atoms with E-state index in [4.69, 9.17) is 17.3 Å². The van der Waals surface area contributed by atoms with Gasteiger partial charge in [-0.15, -0.1) is 0 Å². The molecule has 1 aliphatic carbocycles. The molecule has 0 amide bonds. The van der Waals surface area contributed by atoms with Crippen LogP contribution in [-0.4, -0.2) is 0 Å². The maximum Gasteiger partial charge on any atom is 0.129 e. The highest BCUT2D eigenvalue weighted by atomic mass is 35.5. The minimum Gasteiger partial charge on any atom is -0.321 e. The molecular formula is C13H17ClFN. The van der Waals surface area contributed by atoms with Crippen LogP contribution < -0.4 is 5.73 Å². The highest BCUT2D eigenvalue weighted by Gasteiger charge is 2.44. The van der Waals surface area contributed by atoms with Gasteiger partial charge in [-0.2, -0.15) is 0 Å². The van der Waals surface area contributed by atoms with Crippen LogP contribution >= 0.6 is 11.6 Å². The molecule has 0 aliphatic heterocycles. The lowest BCUT2D eigenvalue weighted by atomic mass is 9.64. The number of nitrogens with two attached hydrogens (primary N) is 1. The molecule has 0 bridgehead atoms. The maximum atomic E-state index is 13.7. The van der Waals surface area contributed by atoms with Crippen LogP contribution in [0.1, 0.15) is 38.2 Å². The Balaban J connectivity index is 2.20. The molecule has 0 radical (unpaired) electrons. The first-order valence-electron chi connectivity index (χ1n) is 5.80. The molecule has 1 aromatic rings. The van der Waals surface area contributed by atoms with Crippen molar-refractivity contribution in [3.63, 3.8) is 0 Å². The summed E-state index contributed by atoms with van der Waals surface area (Å²) in [5.74, 6) is 0.357. The van der Waals surface area contributed by atoms with Crippen molar-refractivity contribution in [1.29, 1.82) is 0 Å². The highest BCUT2D eigenvalue weighted by molar-refractivity contribution is 6.31. The smallest absolute Gasteiger partial charge is 0.129 e. The fourth-order valence-electron chi connectivity index (χ4n) is 2.76. The molecule has 16 heavy (non-hydrogen) atoms. The average molecular weight is 242 g/mol. The fraction of sp³-hybridized carbons (Fsp3) is 0.538. The second-order valence-corrected chi connectivity index (χ2v) is 5.22. The Bertz CT molecular complexity index is 365. The van der Waals surface area contributed by atoms with Gasteiger partial charge < -0.3 is 5.73 Å². The normalized spacial score (nSPS) is 28.9. The van der Waals surface area contributed by atoms with Gasteiger partial charge in [0.25, 0.3) is 0 Å². The lowest BCUT2D eigenvalue weighted by molar-refractivity contribution is 0.133. The predicted molar refractivity (Wildman–Crippen MR) is 64.9 cm³/mol. The Morgan fingerprint density at radius 3 is 2.75 bits per heavy atom. The second-order valence-electron chi connectivity index (χ2n) is 4.82. The summed E-state index contributed by atoms with van der Waals surface area (Å²) in [6, 6.07) is 4.76. The molecule has 1 aliphatic rings. The largest absolute Gasteiger partial charge is 0.321 e. The predicted octanol–water partition coefficient (Wildman–Crippen LogP) is 3.84. The van der Waals surface area contributed by atoms with Crippen molar-refractivity contribution in [2.24, 2.45) is 11.7 Å². The van der Waals surface area contributed by atoms with Crippen molar-refractivity contribution in [2.75, 3.05) is 0 Å². The van der Waals surface area contributed by atoms with E-state index in [2.05, 4.69) is 6.92 Å². The molecule has 1 aromatic carbocycles. The number of halogens is 2.